The molecule has 0 aliphatic carbocycles. The summed E-state index contributed by atoms with van der Waals surface area (Å²) in [5.41, 5.74) is 0.251. The minimum atomic E-state index is -1.47. The van der Waals surface area contributed by atoms with Crippen LogP contribution < -0.4 is 19.1 Å². The Kier molecular flexibility index (Phi) is 8.11. The highest BCUT2D eigenvalue weighted by Gasteiger charge is 2.49. The molecule has 3 heterocycles. The molecule has 10 nitrogen and oxygen atoms in total. The van der Waals surface area contributed by atoms with E-state index in [1.54, 1.807) is 20.2 Å². The first kappa shape index (κ1) is 27.0. The molecule has 0 bridgehead atoms. The Bertz CT molecular complexity index is 1070. The van der Waals surface area contributed by atoms with Gasteiger partial charge < -0.3 is 39.3 Å². The van der Waals surface area contributed by atoms with E-state index in [1.807, 2.05) is 44.2 Å². The van der Waals surface area contributed by atoms with Crippen LogP contribution in [0.4, 0.5) is 5.82 Å². The van der Waals surface area contributed by atoms with Gasteiger partial charge in [0.05, 0.1) is 45.7 Å². The SMILES string of the molecule is CCOc1ccc(N2CC(Oc3cc([C@@H]4CN(C(=O)C(O)CO)C[C@@]4(C)C(C)O)ccc3OC)C2)nc1. The van der Waals surface area contributed by atoms with Crippen LogP contribution in [0.5, 0.6) is 17.2 Å². The van der Waals surface area contributed by atoms with Gasteiger partial charge in [-0.25, -0.2) is 4.98 Å². The number of methoxy groups -OCH3 is 1. The van der Waals surface area contributed by atoms with Crippen molar-refractivity contribution in [3.8, 4) is 17.2 Å². The van der Waals surface area contributed by atoms with Crippen LogP contribution in [0.25, 0.3) is 0 Å². The molecular formula is C27H37N3O7. The number of aromatic nitrogens is 1. The molecule has 1 aromatic heterocycles. The van der Waals surface area contributed by atoms with E-state index in [2.05, 4.69) is 9.88 Å². The van der Waals surface area contributed by atoms with E-state index in [4.69, 9.17) is 14.2 Å². The van der Waals surface area contributed by atoms with Crippen molar-refractivity contribution in [3.05, 3.63) is 42.1 Å². The van der Waals surface area contributed by atoms with Crippen molar-refractivity contribution in [3.63, 3.8) is 0 Å². The molecule has 2 unspecified atom stereocenters. The fraction of sp³-hybridized carbons (Fsp3) is 0.556. The van der Waals surface area contributed by atoms with Crippen molar-refractivity contribution >= 4 is 11.7 Å². The van der Waals surface area contributed by atoms with Gasteiger partial charge in [-0.3, -0.25) is 4.79 Å². The number of amides is 1. The number of hydrogen-bond acceptors (Lipinski definition) is 9. The summed E-state index contributed by atoms with van der Waals surface area (Å²) in [6.07, 6.45) is -0.525. The van der Waals surface area contributed by atoms with Gasteiger partial charge in [0.25, 0.3) is 5.91 Å². The number of nitrogens with zero attached hydrogens (tertiary/aromatic N) is 3. The number of carbonyl (C=O) groups is 1. The topological polar surface area (TPSA) is 125 Å². The third kappa shape index (κ3) is 5.46. The highest BCUT2D eigenvalue weighted by atomic mass is 16.5. The van der Waals surface area contributed by atoms with Gasteiger partial charge in [0.2, 0.25) is 0 Å². The van der Waals surface area contributed by atoms with Crippen LogP contribution in [0.15, 0.2) is 36.5 Å². The summed E-state index contributed by atoms with van der Waals surface area (Å²) in [7, 11) is 1.59. The second kappa shape index (κ2) is 11.1. The highest BCUT2D eigenvalue weighted by Crippen LogP contribution is 2.47. The predicted molar refractivity (Wildman–Crippen MR) is 137 cm³/mol. The Morgan fingerprint density at radius 3 is 2.54 bits per heavy atom. The van der Waals surface area contributed by atoms with Gasteiger partial charge in [0.1, 0.15) is 17.7 Å². The third-order valence-corrected chi connectivity index (χ3v) is 7.54. The molecule has 2 aromatic rings. The number of pyridine rings is 1. The maximum absolute atomic E-state index is 12.6. The van der Waals surface area contributed by atoms with Gasteiger partial charge in [0.15, 0.2) is 17.6 Å². The normalized spacial score (nSPS) is 23.4. The zero-order valence-electron chi connectivity index (χ0n) is 21.8. The molecule has 3 N–H and O–H groups in total. The van der Waals surface area contributed by atoms with Crippen molar-refractivity contribution in [1.82, 2.24) is 9.88 Å². The summed E-state index contributed by atoms with van der Waals surface area (Å²) < 4.78 is 17.3. The molecule has 2 saturated heterocycles. The van der Waals surface area contributed by atoms with Crippen molar-refractivity contribution in [2.75, 3.05) is 51.4 Å². The largest absolute Gasteiger partial charge is 0.493 e. The average Bonchev–Trinajstić information content (AvgIpc) is 3.24. The molecular weight excluding hydrogens is 478 g/mol. The number of hydrogen-bond donors (Lipinski definition) is 3. The lowest BCUT2D eigenvalue weighted by molar-refractivity contribution is -0.141. The third-order valence-electron chi connectivity index (χ3n) is 7.54. The average molecular weight is 516 g/mol. The van der Waals surface area contributed by atoms with E-state index in [0.29, 0.717) is 37.7 Å². The molecule has 2 aliphatic heterocycles. The Balaban J connectivity index is 1.49. The van der Waals surface area contributed by atoms with Crippen molar-refractivity contribution < 1.29 is 34.3 Å². The lowest BCUT2D eigenvalue weighted by Crippen LogP contribution is -2.54. The summed E-state index contributed by atoms with van der Waals surface area (Å²) in [6.45, 7) is 7.44. The van der Waals surface area contributed by atoms with E-state index in [0.717, 1.165) is 17.1 Å². The first-order chi connectivity index (χ1) is 17.7. The summed E-state index contributed by atoms with van der Waals surface area (Å²) in [5.74, 6) is 2.04. The minimum absolute atomic E-state index is 0.0537. The Hall–Kier alpha value is -3.08. The molecule has 1 amide bonds. The molecule has 202 valence electrons. The Morgan fingerprint density at radius 2 is 1.95 bits per heavy atom. The smallest absolute Gasteiger partial charge is 0.253 e. The number of anilines is 1. The van der Waals surface area contributed by atoms with Crippen LogP contribution in [0, 0.1) is 5.41 Å². The summed E-state index contributed by atoms with van der Waals surface area (Å²) >= 11 is 0. The standard InChI is InChI=1S/C27H37N3O7/c1-5-36-19-7-9-25(28-11-19)29-12-20(13-29)37-24-10-18(6-8-23(24)35-4)21-14-30(26(34)22(33)15-31)16-27(21,3)17(2)32/h6-11,17,20-22,31-33H,5,12-16H2,1-4H3/t17?,21-,22?,27-/m0/s1. The van der Waals surface area contributed by atoms with E-state index in [1.165, 1.54) is 4.90 Å². The van der Waals surface area contributed by atoms with Gasteiger partial charge >= 0.3 is 0 Å². The maximum atomic E-state index is 12.6. The van der Waals surface area contributed by atoms with E-state index < -0.39 is 30.1 Å². The predicted octanol–water partition coefficient (Wildman–Crippen LogP) is 1.42. The van der Waals surface area contributed by atoms with Crippen LogP contribution in [-0.4, -0.2) is 95.9 Å². The quantitative estimate of drug-likeness (QED) is 0.431. The number of likely N-dealkylation sites (tertiary alicyclic amines) is 1. The molecule has 0 spiro atoms. The monoisotopic (exact) mass is 515 g/mol. The van der Waals surface area contributed by atoms with Gasteiger partial charge in [-0.15, -0.1) is 0 Å². The van der Waals surface area contributed by atoms with Crippen LogP contribution in [0.3, 0.4) is 0 Å². The molecule has 1 aromatic carbocycles. The summed E-state index contributed by atoms with van der Waals surface area (Å²) in [6, 6.07) is 9.51. The number of aliphatic hydroxyl groups excluding tert-OH is 3. The lowest BCUT2D eigenvalue weighted by Gasteiger charge is -2.40. The van der Waals surface area contributed by atoms with Crippen molar-refractivity contribution in [2.45, 2.75) is 45.0 Å². The second-order valence-electron chi connectivity index (χ2n) is 9.99. The Morgan fingerprint density at radius 1 is 1.19 bits per heavy atom. The molecule has 4 rings (SSSR count). The van der Waals surface area contributed by atoms with Gasteiger partial charge in [-0.1, -0.05) is 13.0 Å². The molecule has 2 aliphatic rings. The number of aliphatic hydroxyl groups is 3. The number of ether oxygens (including phenoxy) is 3. The molecule has 0 radical (unpaired) electrons. The lowest BCUT2D eigenvalue weighted by atomic mass is 9.72. The van der Waals surface area contributed by atoms with Crippen molar-refractivity contribution in [2.24, 2.45) is 5.41 Å². The van der Waals surface area contributed by atoms with Crippen LogP contribution in [0.1, 0.15) is 32.3 Å². The van der Waals surface area contributed by atoms with E-state index >= 15 is 0 Å². The fourth-order valence-corrected chi connectivity index (χ4v) is 5.07. The number of carbonyl (C=O) groups excluding carboxylic acids is 1. The van der Waals surface area contributed by atoms with Crippen molar-refractivity contribution in [1.29, 1.82) is 0 Å². The summed E-state index contributed by atoms with van der Waals surface area (Å²) in [5, 5.41) is 29.8. The fourth-order valence-electron chi connectivity index (χ4n) is 5.07. The zero-order valence-corrected chi connectivity index (χ0v) is 21.8. The second-order valence-corrected chi connectivity index (χ2v) is 9.99. The highest BCUT2D eigenvalue weighted by molar-refractivity contribution is 5.81. The maximum Gasteiger partial charge on any atom is 0.253 e. The van der Waals surface area contributed by atoms with Crippen LogP contribution in [-0.2, 0) is 4.79 Å². The minimum Gasteiger partial charge on any atom is -0.493 e. The molecule has 10 heteroatoms. The number of benzene rings is 1. The van der Waals surface area contributed by atoms with Gasteiger partial charge in [-0.2, -0.15) is 0 Å². The molecule has 37 heavy (non-hydrogen) atoms. The molecule has 2 fully saturated rings. The van der Waals surface area contributed by atoms with Crippen LogP contribution >= 0.6 is 0 Å². The number of rotatable bonds is 10. The molecule has 4 atom stereocenters. The van der Waals surface area contributed by atoms with E-state index in [-0.39, 0.29) is 18.6 Å². The zero-order chi connectivity index (χ0) is 26.7. The first-order valence-corrected chi connectivity index (χ1v) is 12.6. The first-order valence-electron chi connectivity index (χ1n) is 12.6. The summed E-state index contributed by atoms with van der Waals surface area (Å²) in [4.78, 5) is 20.7. The Labute approximate surface area is 217 Å². The molecule has 0 saturated carbocycles. The van der Waals surface area contributed by atoms with Gasteiger partial charge in [0, 0.05) is 24.4 Å². The van der Waals surface area contributed by atoms with Gasteiger partial charge in [-0.05, 0) is 43.7 Å². The van der Waals surface area contributed by atoms with E-state index in [9.17, 15) is 20.1 Å². The van der Waals surface area contributed by atoms with Crippen LogP contribution in [0.2, 0.25) is 0 Å².